The quantitative estimate of drug-likeness (QED) is 0.270. The van der Waals surface area contributed by atoms with E-state index in [9.17, 15) is 9.59 Å². The van der Waals surface area contributed by atoms with Gasteiger partial charge < -0.3 is 4.74 Å². The van der Waals surface area contributed by atoms with Gasteiger partial charge in [-0.15, -0.1) is 0 Å². The molecule has 2 aliphatic carbocycles. The molecule has 1 saturated heterocycles. The van der Waals surface area contributed by atoms with Crippen molar-refractivity contribution in [3.8, 4) is 5.75 Å². The van der Waals surface area contributed by atoms with Crippen LogP contribution in [-0.2, 0) is 16.2 Å². The smallest absolute Gasteiger partial charge is 0.254 e. The molecular formula is C27H21BrN2O3. The molecule has 3 aromatic carbocycles. The van der Waals surface area contributed by atoms with Crippen LogP contribution in [-0.4, -0.2) is 23.0 Å². The van der Waals surface area contributed by atoms with E-state index in [-0.39, 0.29) is 35.5 Å². The van der Waals surface area contributed by atoms with Crippen molar-refractivity contribution in [1.82, 2.24) is 5.01 Å². The minimum atomic E-state index is -0.235. The Labute approximate surface area is 199 Å². The molecule has 0 spiro atoms. The van der Waals surface area contributed by atoms with Crippen molar-refractivity contribution in [3.05, 3.63) is 88.4 Å². The summed E-state index contributed by atoms with van der Waals surface area (Å²) in [6.45, 7) is 0.448. The van der Waals surface area contributed by atoms with Gasteiger partial charge in [0.15, 0.2) is 0 Å². The summed E-state index contributed by atoms with van der Waals surface area (Å²) in [6, 6.07) is 20.0. The number of allylic oxidation sites excluding steroid dienone is 2. The first kappa shape index (κ1) is 20.4. The number of hydrazone groups is 1. The van der Waals surface area contributed by atoms with Gasteiger partial charge in [0.2, 0.25) is 0 Å². The first-order valence-corrected chi connectivity index (χ1v) is 11.9. The van der Waals surface area contributed by atoms with Crippen molar-refractivity contribution in [1.29, 1.82) is 0 Å². The van der Waals surface area contributed by atoms with Gasteiger partial charge in [0.25, 0.3) is 11.8 Å². The summed E-state index contributed by atoms with van der Waals surface area (Å²) in [4.78, 5) is 25.5. The lowest BCUT2D eigenvalue weighted by Crippen LogP contribution is -2.28. The van der Waals surface area contributed by atoms with E-state index in [2.05, 4.69) is 57.4 Å². The first-order chi connectivity index (χ1) is 16.1. The van der Waals surface area contributed by atoms with Crippen molar-refractivity contribution >= 4 is 44.7 Å². The number of carbonyl (C=O) groups excluding carboxylic acids is 2. The van der Waals surface area contributed by atoms with E-state index in [1.807, 2.05) is 36.4 Å². The second-order valence-corrected chi connectivity index (χ2v) is 9.70. The fraction of sp³-hybridized carbons (Fsp3) is 0.222. The van der Waals surface area contributed by atoms with Crippen LogP contribution in [0.3, 0.4) is 0 Å². The minimum absolute atomic E-state index is 0.174. The summed E-state index contributed by atoms with van der Waals surface area (Å²) < 4.78 is 6.84. The van der Waals surface area contributed by atoms with E-state index in [0.29, 0.717) is 12.4 Å². The highest BCUT2D eigenvalue weighted by molar-refractivity contribution is 9.10. The largest absolute Gasteiger partial charge is 0.488 e. The molecule has 4 atom stereocenters. The van der Waals surface area contributed by atoms with Gasteiger partial charge >= 0.3 is 0 Å². The van der Waals surface area contributed by atoms with Crippen molar-refractivity contribution in [2.24, 2.45) is 28.8 Å². The molecule has 0 unspecified atom stereocenters. The predicted octanol–water partition coefficient (Wildman–Crippen LogP) is 5.32. The van der Waals surface area contributed by atoms with Gasteiger partial charge in [-0.1, -0.05) is 54.6 Å². The third-order valence-corrected chi connectivity index (χ3v) is 7.61. The van der Waals surface area contributed by atoms with E-state index < -0.39 is 0 Å². The van der Waals surface area contributed by atoms with Gasteiger partial charge in [0.1, 0.15) is 12.4 Å². The maximum Gasteiger partial charge on any atom is 0.254 e. The second-order valence-electron chi connectivity index (χ2n) is 8.85. The molecule has 6 rings (SSSR count). The zero-order chi connectivity index (χ0) is 22.5. The average molecular weight is 501 g/mol. The molecule has 1 saturated carbocycles. The number of benzene rings is 3. The predicted molar refractivity (Wildman–Crippen MR) is 130 cm³/mol. The number of hydrogen-bond donors (Lipinski definition) is 0. The van der Waals surface area contributed by atoms with Gasteiger partial charge in [0, 0.05) is 0 Å². The van der Waals surface area contributed by atoms with Gasteiger partial charge in [-0.3, -0.25) is 9.59 Å². The number of imide groups is 1. The van der Waals surface area contributed by atoms with Crippen molar-refractivity contribution < 1.29 is 14.3 Å². The Morgan fingerprint density at radius 1 is 0.970 bits per heavy atom. The fourth-order valence-electron chi connectivity index (χ4n) is 5.41. The Balaban J connectivity index is 1.16. The van der Waals surface area contributed by atoms with Crippen LogP contribution in [0.1, 0.15) is 17.5 Å². The molecule has 0 aromatic heterocycles. The Bertz CT molecular complexity index is 1310. The van der Waals surface area contributed by atoms with Gasteiger partial charge in [-0.25, -0.2) is 0 Å². The maximum absolute atomic E-state index is 12.8. The second kappa shape index (κ2) is 7.96. The molecule has 5 nitrogen and oxygen atoms in total. The summed E-state index contributed by atoms with van der Waals surface area (Å²) in [6.07, 6.45) is 6.64. The van der Waals surface area contributed by atoms with Crippen LogP contribution >= 0.6 is 15.9 Å². The first-order valence-electron chi connectivity index (χ1n) is 11.1. The monoisotopic (exact) mass is 500 g/mol. The normalized spacial score (nSPS) is 25.5. The molecular weight excluding hydrogens is 480 g/mol. The zero-order valence-electron chi connectivity index (χ0n) is 17.7. The lowest BCUT2D eigenvalue weighted by molar-refractivity contribution is -0.140. The molecule has 1 aliphatic heterocycles. The summed E-state index contributed by atoms with van der Waals surface area (Å²) in [5, 5.41) is 7.68. The molecule has 164 valence electrons. The number of fused-ring (bicyclic) bond motifs is 6. The minimum Gasteiger partial charge on any atom is -0.488 e. The van der Waals surface area contributed by atoms with Crippen LogP contribution in [0.4, 0.5) is 0 Å². The fourth-order valence-corrected chi connectivity index (χ4v) is 5.92. The molecule has 2 fully saturated rings. The summed E-state index contributed by atoms with van der Waals surface area (Å²) >= 11 is 3.57. The van der Waals surface area contributed by atoms with Gasteiger partial charge in [-0.05, 0) is 74.3 Å². The third kappa shape index (κ3) is 3.40. The molecule has 2 amide bonds. The van der Waals surface area contributed by atoms with Crippen molar-refractivity contribution in [2.75, 3.05) is 0 Å². The molecule has 0 radical (unpaired) electrons. The number of carbonyl (C=O) groups is 2. The number of nitrogens with zero attached hydrogens (tertiary/aromatic N) is 2. The summed E-state index contributed by atoms with van der Waals surface area (Å²) in [5.41, 5.74) is 1.89. The van der Waals surface area contributed by atoms with Gasteiger partial charge in [-0.2, -0.15) is 10.1 Å². The molecule has 3 aliphatic rings. The standard InChI is InChI=1S/C27H21BrN2O3/c28-22-12-16(14-29-30-26(31)24-18-9-10-19(13-18)25(24)27(30)32)8-11-23(22)33-15-20-6-3-5-17-4-1-2-7-21(17)20/h1-12,14,18-19,24-25H,13,15H2/t18-,19-,24-,25+/m0/s1. The Kier molecular flexibility index (Phi) is 4.91. The summed E-state index contributed by atoms with van der Waals surface area (Å²) in [7, 11) is 0. The molecule has 1 heterocycles. The Hall–Kier alpha value is -3.25. The molecule has 0 N–H and O–H groups in total. The van der Waals surface area contributed by atoms with E-state index in [1.165, 1.54) is 10.8 Å². The van der Waals surface area contributed by atoms with Gasteiger partial charge in [0.05, 0.1) is 22.5 Å². The van der Waals surface area contributed by atoms with E-state index in [1.54, 1.807) is 6.21 Å². The molecule has 2 bridgehead atoms. The average Bonchev–Trinajstić information content (AvgIpc) is 3.51. The lowest BCUT2D eigenvalue weighted by Gasteiger charge is -2.13. The molecule has 3 aromatic rings. The van der Waals surface area contributed by atoms with E-state index >= 15 is 0 Å². The topological polar surface area (TPSA) is 59.0 Å². The van der Waals surface area contributed by atoms with Crippen LogP contribution in [0.5, 0.6) is 5.75 Å². The van der Waals surface area contributed by atoms with Crippen LogP contribution in [0.25, 0.3) is 10.8 Å². The maximum atomic E-state index is 12.8. The highest BCUT2D eigenvalue weighted by Crippen LogP contribution is 2.52. The van der Waals surface area contributed by atoms with E-state index in [4.69, 9.17) is 4.74 Å². The number of hydrogen-bond acceptors (Lipinski definition) is 4. The van der Waals surface area contributed by atoms with Crippen LogP contribution in [0.2, 0.25) is 0 Å². The van der Waals surface area contributed by atoms with Crippen LogP contribution < -0.4 is 4.74 Å². The Morgan fingerprint density at radius 3 is 2.45 bits per heavy atom. The number of amides is 2. The van der Waals surface area contributed by atoms with Crippen LogP contribution in [0, 0.1) is 23.7 Å². The molecule has 6 heteroatoms. The van der Waals surface area contributed by atoms with Crippen LogP contribution in [0.15, 0.2) is 82.4 Å². The van der Waals surface area contributed by atoms with E-state index in [0.717, 1.165) is 27.0 Å². The van der Waals surface area contributed by atoms with Crippen molar-refractivity contribution in [3.63, 3.8) is 0 Å². The number of rotatable bonds is 5. The number of halogens is 1. The highest BCUT2D eigenvalue weighted by Gasteiger charge is 2.59. The third-order valence-electron chi connectivity index (χ3n) is 6.99. The van der Waals surface area contributed by atoms with Crippen molar-refractivity contribution in [2.45, 2.75) is 13.0 Å². The molecule has 33 heavy (non-hydrogen) atoms. The SMILES string of the molecule is O=C1[C@@H]2[C@H](C(=O)N1N=Cc1ccc(OCc3cccc4ccccc34)c(Br)c1)[C@H]1C=C[C@H]2C1. The zero-order valence-corrected chi connectivity index (χ0v) is 19.3. The summed E-state index contributed by atoms with van der Waals surface area (Å²) in [5.74, 6) is 0.264. The highest BCUT2D eigenvalue weighted by atomic mass is 79.9. The Morgan fingerprint density at radius 2 is 1.70 bits per heavy atom. The lowest BCUT2D eigenvalue weighted by atomic mass is 9.85. The number of ether oxygens (including phenoxy) is 1.